The van der Waals surface area contributed by atoms with Crippen molar-refractivity contribution in [2.45, 2.75) is 58.8 Å². The van der Waals surface area contributed by atoms with E-state index >= 15 is 0 Å². The molecule has 1 saturated carbocycles. The molecule has 12 heavy (non-hydrogen) atoms. The highest BCUT2D eigenvalue weighted by atomic mass is 14.2. The summed E-state index contributed by atoms with van der Waals surface area (Å²) in [5, 5.41) is 0. The third-order valence-electron chi connectivity index (χ3n) is 2.80. The van der Waals surface area contributed by atoms with E-state index in [-0.39, 0.29) is 0 Å². The molecule has 1 unspecified atom stereocenters. The topological polar surface area (TPSA) is 0 Å². The Morgan fingerprint density at radius 2 is 2.33 bits per heavy atom. The third kappa shape index (κ3) is 3.42. The highest BCUT2D eigenvalue weighted by Crippen LogP contribution is 2.28. The molecular weight excluding hydrogens is 144 g/mol. The Labute approximate surface area is 77.1 Å². The van der Waals surface area contributed by atoms with Crippen LogP contribution in [0.15, 0.2) is 11.6 Å². The first-order chi connectivity index (χ1) is 5.83. The van der Waals surface area contributed by atoms with E-state index in [4.69, 9.17) is 0 Å². The lowest BCUT2D eigenvalue weighted by atomic mass is 9.86. The van der Waals surface area contributed by atoms with Gasteiger partial charge in [-0.25, -0.2) is 0 Å². The van der Waals surface area contributed by atoms with E-state index in [2.05, 4.69) is 19.9 Å². The van der Waals surface area contributed by atoms with E-state index in [0.717, 1.165) is 5.92 Å². The van der Waals surface area contributed by atoms with Gasteiger partial charge in [0.05, 0.1) is 0 Å². The predicted octanol–water partition coefficient (Wildman–Crippen LogP) is 4.31. The van der Waals surface area contributed by atoms with E-state index in [1.165, 1.54) is 44.9 Å². The second-order valence-electron chi connectivity index (χ2n) is 4.21. The summed E-state index contributed by atoms with van der Waals surface area (Å²) in [6, 6.07) is 0. The van der Waals surface area contributed by atoms with Crippen LogP contribution in [0.1, 0.15) is 58.8 Å². The molecule has 0 heteroatoms. The van der Waals surface area contributed by atoms with Gasteiger partial charge >= 0.3 is 0 Å². The molecule has 70 valence electrons. The minimum Gasteiger partial charge on any atom is -0.0853 e. The summed E-state index contributed by atoms with van der Waals surface area (Å²) in [4.78, 5) is 0. The molecule has 0 bridgehead atoms. The molecule has 0 saturated heterocycles. The summed E-state index contributed by atoms with van der Waals surface area (Å²) >= 11 is 0. The molecule has 0 N–H and O–H groups in total. The summed E-state index contributed by atoms with van der Waals surface area (Å²) in [6.45, 7) is 4.65. The minimum absolute atomic E-state index is 0.951. The Morgan fingerprint density at radius 1 is 1.50 bits per heavy atom. The monoisotopic (exact) mass is 166 g/mol. The molecule has 0 amide bonds. The first-order valence-corrected chi connectivity index (χ1v) is 5.50. The number of rotatable bonds is 3. The van der Waals surface area contributed by atoms with Gasteiger partial charge in [0.15, 0.2) is 0 Å². The molecule has 1 aliphatic carbocycles. The van der Waals surface area contributed by atoms with E-state index < -0.39 is 0 Å². The molecule has 0 nitrogen and oxygen atoms in total. The fourth-order valence-electron chi connectivity index (χ4n) is 2.02. The number of allylic oxidation sites excluding steroid dienone is 2. The zero-order chi connectivity index (χ0) is 8.81. The van der Waals surface area contributed by atoms with Crippen molar-refractivity contribution in [1.29, 1.82) is 0 Å². The first kappa shape index (κ1) is 9.83. The van der Waals surface area contributed by atoms with Gasteiger partial charge < -0.3 is 0 Å². The highest BCUT2D eigenvalue weighted by Gasteiger charge is 2.11. The molecule has 0 aliphatic heterocycles. The Kier molecular flexibility index (Phi) is 4.42. The minimum atomic E-state index is 0.951. The van der Waals surface area contributed by atoms with Crippen LogP contribution in [0.2, 0.25) is 0 Å². The van der Waals surface area contributed by atoms with Gasteiger partial charge in [-0.1, -0.05) is 44.8 Å². The fraction of sp³-hybridized carbons (Fsp3) is 0.833. The normalized spacial score (nSPS) is 27.8. The van der Waals surface area contributed by atoms with E-state index in [9.17, 15) is 0 Å². The van der Waals surface area contributed by atoms with Gasteiger partial charge in [-0.15, -0.1) is 0 Å². The van der Waals surface area contributed by atoms with Crippen LogP contribution in [0.3, 0.4) is 0 Å². The van der Waals surface area contributed by atoms with Crippen LogP contribution in [0, 0.1) is 5.92 Å². The van der Waals surface area contributed by atoms with Crippen LogP contribution in [0.5, 0.6) is 0 Å². The van der Waals surface area contributed by atoms with Gasteiger partial charge in [0.25, 0.3) is 0 Å². The van der Waals surface area contributed by atoms with Crippen molar-refractivity contribution in [3.05, 3.63) is 11.6 Å². The van der Waals surface area contributed by atoms with Crippen LogP contribution in [-0.2, 0) is 0 Å². The van der Waals surface area contributed by atoms with Crippen molar-refractivity contribution in [3.8, 4) is 0 Å². The van der Waals surface area contributed by atoms with Gasteiger partial charge in [-0.3, -0.25) is 0 Å². The molecule has 1 rings (SSSR count). The van der Waals surface area contributed by atoms with Crippen molar-refractivity contribution >= 4 is 0 Å². The summed E-state index contributed by atoms with van der Waals surface area (Å²) in [5.41, 5.74) is 1.74. The Morgan fingerprint density at radius 3 is 3.00 bits per heavy atom. The van der Waals surface area contributed by atoms with E-state index in [0.29, 0.717) is 0 Å². The van der Waals surface area contributed by atoms with Gasteiger partial charge in [-0.2, -0.15) is 0 Å². The zero-order valence-corrected chi connectivity index (χ0v) is 8.60. The van der Waals surface area contributed by atoms with Gasteiger partial charge in [0.1, 0.15) is 0 Å². The smallest absolute Gasteiger partial charge is 0.0294 e. The van der Waals surface area contributed by atoms with Crippen molar-refractivity contribution in [2.75, 3.05) is 0 Å². The van der Waals surface area contributed by atoms with Gasteiger partial charge in [0.2, 0.25) is 0 Å². The summed E-state index contributed by atoms with van der Waals surface area (Å²) in [7, 11) is 0. The first-order valence-electron chi connectivity index (χ1n) is 5.50. The maximum absolute atomic E-state index is 2.50. The molecule has 0 radical (unpaired) electrons. The average Bonchev–Trinajstić information content (AvgIpc) is 2.05. The molecule has 0 aromatic carbocycles. The standard InChI is InChI=1S/C12H22/c1-3-4-5-8-12-9-6-7-11(2)10-12/h8,11H,3-7,9-10H2,1-2H3/b12-8-. The average molecular weight is 166 g/mol. The van der Waals surface area contributed by atoms with Crippen molar-refractivity contribution in [3.63, 3.8) is 0 Å². The number of unbranched alkanes of at least 4 members (excludes halogenated alkanes) is 2. The Hall–Kier alpha value is -0.260. The largest absolute Gasteiger partial charge is 0.0853 e. The van der Waals surface area contributed by atoms with Crippen LogP contribution in [0.25, 0.3) is 0 Å². The van der Waals surface area contributed by atoms with Crippen LogP contribution in [-0.4, -0.2) is 0 Å². The SMILES string of the molecule is CCCC/C=C1/CCCC(C)C1. The Balaban J connectivity index is 2.25. The molecule has 0 aromatic rings. The predicted molar refractivity (Wildman–Crippen MR) is 55.2 cm³/mol. The fourth-order valence-corrected chi connectivity index (χ4v) is 2.02. The number of hydrogen-bond acceptors (Lipinski definition) is 0. The second-order valence-corrected chi connectivity index (χ2v) is 4.21. The lowest BCUT2D eigenvalue weighted by Gasteiger charge is -2.20. The van der Waals surface area contributed by atoms with Crippen molar-refractivity contribution in [1.82, 2.24) is 0 Å². The molecule has 0 heterocycles. The number of hydrogen-bond donors (Lipinski definition) is 0. The molecule has 0 spiro atoms. The molecule has 1 aliphatic rings. The maximum Gasteiger partial charge on any atom is -0.0294 e. The van der Waals surface area contributed by atoms with E-state index in [1.807, 2.05) is 0 Å². The lowest BCUT2D eigenvalue weighted by molar-refractivity contribution is 0.451. The molecule has 1 fully saturated rings. The van der Waals surface area contributed by atoms with E-state index in [1.54, 1.807) is 5.57 Å². The molecule has 0 aromatic heterocycles. The van der Waals surface area contributed by atoms with Crippen molar-refractivity contribution < 1.29 is 0 Å². The summed E-state index contributed by atoms with van der Waals surface area (Å²) < 4.78 is 0. The van der Waals surface area contributed by atoms with Gasteiger partial charge in [-0.05, 0) is 31.6 Å². The molecular formula is C12H22. The maximum atomic E-state index is 2.50. The second kappa shape index (κ2) is 5.40. The molecule has 1 atom stereocenters. The zero-order valence-electron chi connectivity index (χ0n) is 8.60. The van der Waals surface area contributed by atoms with Crippen molar-refractivity contribution in [2.24, 2.45) is 5.92 Å². The summed E-state index contributed by atoms with van der Waals surface area (Å²) in [5.74, 6) is 0.951. The third-order valence-corrected chi connectivity index (χ3v) is 2.80. The quantitative estimate of drug-likeness (QED) is 0.433. The lowest BCUT2D eigenvalue weighted by Crippen LogP contribution is -2.04. The Bertz CT molecular complexity index is 144. The van der Waals surface area contributed by atoms with Crippen LogP contribution >= 0.6 is 0 Å². The summed E-state index contributed by atoms with van der Waals surface area (Å²) in [6.07, 6.45) is 12.2. The van der Waals surface area contributed by atoms with Crippen LogP contribution < -0.4 is 0 Å². The highest BCUT2D eigenvalue weighted by molar-refractivity contribution is 5.05. The van der Waals surface area contributed by atoms with Crippen LogP contribution in [0.4, 0.5) is 0 Å². The van der Waals surface area contributed by atoms with Gasteiger partial charge in [0, 0.05) is 0 Å².